The summed E-state index contributed by atoms with van der Waals surface area (Å²) in [7, 11) is 0. The van der Waals surface area contributed by atoms with Crippen molar-refractivity contribution in [1.29, 1.82) is 0 Å². The first-order chi connectivity index (χ1) is 12.4. The Morgan fingerprint density at radius 2 is 2.12 bits per heavy atom. The summed E-state index contributed by atoms with van der Waals surface area (Å²) in [5.74, 6) is 0.0405. The van der Waals surface area contributed by atoms with E-state index >= 15 is 0 Å². The third-order valence-electron chi connectivity index (χ3n) is 4.17. The molecule has 2 aromatic heterocycles. The predicted octanol–water partition coefficient (Wildman–Crippen LogP) is -1.44. The fourth-order valence-electron chi connectivity index (χ4n) is 2.69. The van der Waals surface area contributed by atoms with Crippen molar-refractivity contribution in [3.8, 4) is 0 Å². The molecule has 0 bridgehead atoms. The zero-order valence-corrected chi connectivity index (χ0v) is 14.5. The maximum Gasteiger partial charge on any atom is 0.320 e. The monoisotopic (exact) mass is 402 g/mol. The number of hydrogen-bond acceptors (Lipinski definition) is 10. The Bertz CT molecular complexity index is 788. The van der Waals surface area contributed by atoms with E-state index in [0.717, 1.165) is 0 Å². The van der Waals surface area contributed by atoms with Crippen LogP contribution in [-0.4, -0.2) is 76.7 Å². The topological polar surface area (TPSA) is 183 Å². The summed E-state index contributed by atoms with van der Waals surface area (Å²) >= 11 is 1.40. The molecule has 1 aliphatic heterocycles. The maximum atomic E-state index is 10.7. The molecule has 0 radical (unpaired) electrons. The predicted molar refractivity (Wildman–Crippen MR) is 93.2 cm³/mol. The molecule has 1 saturated heterocycles. The number of nitrogens with zero attached hydrogens (tertiary/aromatic N) is 4. The number of carboxylic acids is 1. The molecule has 3 heterocycles. The van der Waals surface area contributed by atoms with Crippen molar-refractivity contribution < 1.29 is 24.9 Å². The number of nitrogens with two attached hydrogens (primary N) is 2. The molecule has 0 amide bonds. The number of anilines is 1. The third kappa shape index (κ3) is 3.59. The highest BCUT2D eigenvalue weighted by molar-refractivity contribution is 7.99. The van der Waals surface area contributed by atoms with Crippen LogP contribution in [0.15, 0.2) is 12.7 Å². The number of aromatic nitrogens is 4. The molecule has 11 nitrogen and oxygen atoms in total. The average Bonchev–Trinajstić information content (AvgIpc) is 3.15. The zero-order valence-electron chi connectivity index (χ0n) is 13.7. The highest BCUT2D eigenvalue weighted by Crippen LogP contribution is 2.33. The molecule has 3 rings (SSSR count). The van der Waals surface area contributed by atoms with Gasteiger partial charge in [-0.25, -0.2) is 15.0 Å². The van der Waals surface area contributed by atoms with Crippen LogP contribution in [0.2, 0.25) is 0 Å². The van der Waals surface area contributed by atoms with Crippen LogP contribution in [-0.2, 0) is 9.53 Å². The highest BCUT2D eigenvalue weighted by atomic mass is 32.2. The van der Waals surface area contributed by atoms with Gasteiger partial charge in [-0.3, -0.25) is 9.36 Å². The molecule has 0 unspecified atom stereocenters. The van der Waals surface area contributed by atoms with Gasteiger partial charge in [-0.2, -0.15) is 11.8 Å². The van der Waals surface area contributed by atoms with Crippen molar-refractivity contribution in [2.45, 2.75) is 37.0 Å². The Morgan fingerprint density at radius 1 is 1.35 bits per heavy atom. The number of aliphatic carboxylic acids is 1. The second kappa shape index (κ2) is 7.72. The van der Waals surface area contributed by atoms with Crippen molar-refractivity contribution in [3.05, 3.63) is 12.7 Å². The number of nitrogen functional groups attached to an aromatic ring is 1. The van der Waals surface area contributed by atoms with Gasteiger partial charge in [0.2, 0.25) is 0 Å². The van der Waals surface area contributed by atoms with Crippen molar-refractivity contribution in [3.63, 3.8) is 0 Å². The van der Waals surface area contributed by atoms with Gasteiger partial charge in [-0.05, 0) is 12.2 Å². The van der Waals surface area contributed by atoms with E-state index in [1.165, 1.54) is 29.0 Å². The van der Waals surface area contributed by atoms with E-state index in [2.05, 4.69) is 15.0 Å². The normalized spacial score (nSPS) is 27.0. The van der Waals surface area contributed by atoms with Gasteiger partial charge in [0.25, 0.3) is 0 Å². The molecule has 2 aromatic rings. The quantitative estimate of drug-likeness (QED) is 0.342. The minimum Gasteiger partial charge on any atom is -0.480 e. The van der Waals surface area contributed by atoms with Crippen LogP contribution in [0.4, 0.5) is 5.82 Å². The summed E-state index contributed by atoms with van der Waals surface area (Å²) in [4.78, 5) is 22.8. The van der Waals surface area contributed by atoms with Gasteiger partial charge < -0.3 is 31.5 Å². The standard InChI is InChI=1S/C14H20N6O5S/c15-6(14(23)24)1-2-26-3-7-9(21)10(22)13(25-7)20-5-19-8-11(16)17-4-18-12(8)20/h4-7,9-10,13,21-22H,1-3,15H2,(H,23,24)(H2,16,17,18)/t6-,7+,9+,10+,13+/m0/s1/i4+2,5+2,7+2,8+2,9+2,10+2,11+2,12+2,13+2. The number of hydrogen-bond donors (Lipinski definition) is 5. The van der Waals surface area contributed by atoms with E-state index in [4.69, 9.17) is 21.3 Å². The molecule has 7 N–H and O–H groups in total. The van der Waals surface area contributed by atoms with Crippen LogP contribution in [0.1, 0.15) is 12.6 Å². The number of imidazole rings is 1. The largest absolute Gasteiger partial charge is 0.480 e. The second-order valence-corrected chi connectivity index (χ2v) is 7.09. The summed E-state index contributed by atoms with van der Waals surface area (Å²) in [6.45, 7) is 0. The lowest BCUT2D eigenvalue weighted by Crippen LogP contribution is -2.33. The number of carboxylic acid groups (broad SMARTS) is 1. The number of aliphatic hydroxyl groups excluding tert-OH is 2. The van der Waals surface area contributed by atoms with E-state index in [1.54, 1.807) is 0 Å². The second-order valence-electron chi connectivity index (χ2n) is 5.94. The molecule has 5 atom stereocenters. The molecule has 0 aromatic carbocycles. The smallest absolute Gasteiger partial charge is 0.320 e. The Kier molecular flexibility index (Phi) is 5.58. The minimum atomic E-state index is -1.17. The van der Waals surface area contributed by atoms with Crippen LogP contribution >= 0.6 is 11.8 Å². The summed E-state index contributed by atoms with van der Waals surface area (Å²) in [6, 6.07) is -0.919. The van der Waals surface area contributed by atoms with Gasteiger partial charge in [0.15, 0.2) is 17.7 Å². The summed E-state index contributed by atoms with van der Waals surface area (Å²) in [6.07, 6.45) is -0.747. The van der Waals surface area contributed by atoms with Crippen molar-refractivity contribution in [2.24, 2.45) is 5.73 Å². The van der Waals surface area contributed by atoms with Gasteiger partial charge in [-0.1, -0.05) is 0 Å². The maximum absolute atomic E-state index is 10.7. The molecule has 0 aliphatic carbocycles. The van der Waals surface area contributed by atoms with E-state index in [-0.39, 0.29) is 5.82 Å². The molecular formula is C14H20N6O5S. The fraction of sp³-hybridized carbons (Fsp3) is 0.571. The molecule has 142 valence electrons. The van der Waals surface area contributed by atoms with Gasteiger partial charge in [0.05, 0.1) is 12.4 Å². The number of ether oxygens (including phenoxy) is 1. The van der Waals surface area contributed by atoms with Crippen molar-refractivity contribution >= 4 is 34.7 Å². The number of carbonyl (C=O) groups is 1. The van der Waals surface area contributed by atoms with E-state index in [9.17, 15) is 15.0 Å². The lowest BCUT2D eigenvalue weighted by Gasteiger charge is -2.16. The number of rotatable bonds is 7. The average molecular weight is 402 g/mol. The molecule has 26 heavy (non-hydrogen) atoms. The van der Waals surface area contributed by atoms with Gasteiger partial charge in [0, 0.05) is 5.75 Å². The SMILES string of the molecule is N[C@@H](CCSC[14C@H]1O[14C@@H](n2[14cH]n[14c]3[14c](N)n[14cH]n[14c]32)[14C@H](O)[14C@@H]1O)C(=O)O. The van der Waals surface area contributed by atoms with Crippen LogP contribution in [0.25, 0.3) is 11.2 Å². The molecule has 0 spiro atoms. The highest BCUT2D eigenvalue weighted by Gasteiger charge is 2.44. The molecule has 12 heteroatoms. The third-order valence-corrected chi connectivity index (χ3v) is 5.26. The minimum absolute atomic E-state index is 0.212. The molecule has 0 saturated carbocycles. The Morgan fingerprint density at radius 3 is 2.85 bits per heavy atom. The van der Waals surface area contributed by atoms with Crippen LogP contribution in [0, 0.1) is 0 Å². The first-order valence-electron chi connectivity index (χ1n) is 7.91. The van der Waals surface area contributed by atoms with Crippen molar-refractivity contribution in [2.75, 3.05) is 17.2 Å². The van der Waals surface area contributed by atoms with E-state index in [1.807, 2.05) is 0 Å². The van der Waals surface area contributed by atoms with Gasteiger partial charge >= 0.3 is 5.97 Å². The van der Waals surface area contributed by atoms with Crippen LogP contribution < -0.4 is 11.5 Å². The first-order valence-corrected chi connectivity index (χ1v) is 9.06. The lowest BCUT2D eigenvalue weighted by atomic mass is 10.2. The number of fused-ring (bicyclic) bond motifs is 1. The van der Waals surface area contributed by atoms with Crippen molar-refractivity contribution in [1.82, 2.24) is 19.5 Å². The Hall–Kier alpha value is -1.99. The van der Waals surface area contributed by atoms with E-state index in [0.29, 0.717) is 29.1 Å². The zero-order chi connectivity index (χ0) is 18.8. The Labute approximate surface area is 152 Å². The van der Waals surface area contributed by atoms with E-state index < -0.39 is 36.6 Å². The summed E-state index contributed by atoms with van der Waals surface area (Å²) < 4.78 is 7.29. The summed E-state index contributed by atoms with van der Waals surface area (Å²) in [5, 5.41) is 29.3. The fourth-order valence-corrected chi connectivity index (χ4v) is 3.78. The first kappa shape index (κ1) is 18.8. The summed E-state index contributed by atoms with van der Waals surface area (Å²) in [5.41, 5.74) is 12.0. The number of aliphatic hydroxyl groups is 2. The molecular weight excluding hydrogens is 382 g/mol. The number of thioether (sulfide) groups is 1. The van der Waals surface area contributed by atoms with Gasteiger partial charge in [-0.15, -0.1) is 0 Å². The van der Waals surface area contributed by atoms with Crippen LogP contribution in [0.3, 0.4) is 0 Å². The lowest BCUT2D eigenvalue weighted by molar-refractivity contribution is -0.138. The molecule has 1 aliphatic rings. The van der Waals surface area contributed by atoms with Crippen LogP contribution in [0.5, 0.6) is 0 Å². The van der Waals surface area contributed by atoms with Gasteiger partial charge in [0.1, 0.15) is 30.1 Å². The molecule has 1 fully saturated rings. The Balaban J connectivity index is 1.64.